The first-order chi connectivity index (χ1) is 14.3. The maximum atomic E-state index is 13.0. The van der Waals surface area contributed by atoms with Crippen LogP contribution in [0.2, 0.25) is 0 Å². The van der Waals surface area contributed by atoms with E-state index in [-0.39, 0.29) is 10.8 Å². The molecule has 3 aliphatic rings. The van der Waals surface area contributed by atoms with Gasteiger partial charge in [-0.25, -0.2) is 0 Å². The Labute approximate surface area is 177 Å². The summed E-state index contributed by atoms with van der Waals surface area (Å²) in [5.74, 6) is -0.343. The SMILES string of the molecule is COc1ccc2c(c1)C1(C)CC(OS(=O)(=O)c3ccc(C)cc3)C(C2)C12OCCO2. The van der Waals surface area contributed by atoms with Crippen molar-refractivity contribution in [1.82, 2.24) is 0 Å². The molecule has 6 nitrogen and oxygen atoms in total. The van der Waals surface area contributed by atoms with Crippen molar-refractivity contribution in [2.75, 3.05) is 20.3 Å². The second-order valence-electron chi connectivity index (χ2n) is 8.64. The Bertz CT molecular complexity index is 1070. The van der Waals surface area contributed by atoms with Crippen LogP contribution in [0.4, 0.5) is 0 Å². The Morgan fingerprint density at radius 2 is 1.77 bits per heavy atom. The predicted octanol–water partition coefficient (Wildman–Crippen LogP) is 3.35. The normalized spacial score (nSPS) is 29.2. The van der Waals surface area contributed by atoms with Crippen molar-refractivity contribution in [3.05, 3.63) is 59.2 Å². The first kappa shape index (κ1) is 20.0. The molecule has 1 saturated carbocycles. The molecule has 5 rings (SSSR count). The summed E-state index contributed by atoms with van der Waals surface area (Å²) in [4.78, 5) is 0.168. The van der Waals surface area contributed by atoms with Crippen LogP contribution < -0.4 is 4.74 Å². The molecule has 3 atom stereocenters. The molecule has 2 fully saturated rings. The number of benzene rings is 2. The van der Waals surface area contributed by atoms with Crippen LogP contribution in [-0.2, 0) is 35.6 Å². The van der Waals surface area contributed by atoms with Crippen molar-refractivity contribution >= 4 is 10.1 Å². The minimum absolute atomic E-state index is 0.168. The van der Waals surface area contributed by atoms with Crippen LogP contribution >= 0.6 is 0 Å². The van der Waals surface area contributed by atoms with E-state index in [2.05, 4.69) is 13.0 Å². The summed E-state index contributed by atoms with van der Waals surface area (Å²) in [6.07, 6.45) is 0.573. The van der Waals surface area contributed by atoms with Gasteiger partial charge in [-0.1, -0.05) is 30.7 Å². The van der Waals surface area contributed by atoms with E-state index in [4.69, 9.17) is 18.4 Å². The number of ether oxygens (including phenoxy) is 3. The fourth-order valence-electron chi connectivity index (χ4n) is 5.50. The highest BCUT2D eigenvalue weighted by molar-refractivity contribution is 7.86. The summed E-state index contributed by atoms with van der Waals surface area (Å²) in [6, 6.07) is 12.7. The van der Waals surface area contributed by atoms with Crippen LogP contribution in [-0.4, -0.2) is 40.6 Å². The zero-order chi connectivity index (χ0) is 21.1. The fraction of sp³-hybridized carbons (Fsp3) is 0.478. The third kappa shape index (κ3) is 2.76. The van der Waals surface area contributed by atoms with Gasteiger partial charge in [-0.05, 0) is 55.2 Å². The smallest absolute Gasteiger partial charge is 0.297 e. The lowest BCUT2D eigenvalue weighted by molar-refractivity contribution is -0.226. The Kier molecular flexibility index (Phi) is 4.52. The van der Waals surface area contributed by atoms with Crippen LogP contribution in [0.15, 0.2) is 47.4 Å². The van der Waals surface area contributed by atoms with Gasteiger partial charge >= 0.3 is 0 Å². The standard InChI is InChI=1S/C23H26O6S/c1-15-4-8-18(9-5-15)30(24,25)29-21-14-22(2)19-13-17(26-3)7-6-16(19)12-20(21)23(22)27-10-11-28-23/h4-9,13,20-21H,10-12,14H2,1-3H3. The Morgan fingerprint density at radius 1 is 1.07 bits per heavy atom. The largest absolute Gasteiger partial charge is 0.497 e. The maximum Gasteiger partial charge on any atom is 0.297 e. The summed E-state index contributed by atoms with van der Waals surface area (Å²) in [5, 5.41) is 0. The molecule has 160 valence electrons. The van der Waals surface area contributed by atoms with Crippen molar-refractivity contribution in [2.24, 2.45) is 5.92 Å². The summed E-state index contributed by atoms with van der Waals surface area (Å²) in [6.45, 7) is 4.98. The van der Waals surface area contributed by atoms with Crippen LogP contribution in [0.5, 0.6) is 5.75 Å². The molecule has 0 radical (unpaired) electrons. The predicted molar refractivity (Wildman–Crippen MR) is 110 cm³/mol. The van der Waals surface area contributed by atoms with Crippen molar-refractivity contribution in [3.8, 4) is 5.75 Å². The minimum atomic E-state index is -3.91. The third-order valence-electron chi connectivity index (χ3n) is 6.94. The van der Waals surface area contributed by atoms with E-state index in [1.165, 1.54) is 0 Å². The lowest BCUT2D eigenvalue weighted by Crippen LogP contribution is -2.54. The second-order valence-corrected chi connectivity index (χ2v) is 10.2. The molecule has 1 heterocycles. The van der Waals surface area contributed by atoms with Crippen LogP contribution in [0, 0.1) is 12.8 Å². The number of hydrogen-bond donors (Lipinski definition) is 0. The van der Waals surface area contributed by atoms with Crippen molar-refractivity contribution in [1.29, 1.82) is 0 Å². The number of hydrogen-bond acceptors (Lipinski definition) is 6. The average Bonchev–Trinajstić information content (AvgIpc) is 3.26. The van der Waals surface area contributed by atoms with E-state index in [0.717, 1.165) is 22.4 Å². The lowest BCUT2D eigenvalue weighted by atomic mass is 9.68. The zero-order valence-electron chi connectivity index (χ0n) is 17.4. The van der Waals surface area contributed by atoms with E-state index in [1.54, 1.807) is 31.4 Å². The van der Waals surface area contributed by atoms with Gasteiger partial charge in [-0.3, -0.25) is 4.18 Å². The van der Waals surface area contributed by atoms with E-state index in [0.29, 0.717) is 26.1 Å². The summed E-state index contributed by atoms with van der Waals surface area (Å²) < 4.78 is 49.9. The molecule has 1 saturated heterocycles. The zero-order valence-corrected chi connectivity index (χ0v) is 18.2. The summed E-state index contributed by atoms with van der Waals surface area (Å²) in [5.41, 5.74) is 2.70. The molecule has 1 spiro atoms. The maximum absolute atomic E-state index is 13.0. The van der Waals surface area contributed by atoms with Crippen LogP contribution in [0.25, 0.3) is 0 Å². The number of rotatable bonds is 4. The van der Waals surface area contributed by atoms with Gasteiger partial charge in [0.1, 0.15) is 5.75 Å². The summed E-state index contributed by atoms with van der Waals surface area (Å²) in [7, 11) is -2.27. The molecule has 0 amide bonds. The minimum Gasteiger partial charge on any atom is -0.497 e. The van der Waals surface area contributed by atoms with Crippen molar-refractivity contribution in [2.45, 2.75) is 48.9 Å². The Hall–Kier alpha value is -1.93. The molecule has 2 aromatic rings. The van der Waals surface area contributed by atoms with E-state index < -0.39 is 27.4 Å². The van der Waals surface area contributed by atoms with E-state index in [1.807, 2.05) is 19.1 Å². The molecule has 0 aromatic heterocycles. The first-order valence-corrected chi connectivity index (χ1v) is 11.7. The van der Waals surface area contributed by atoms with Gasteiger partial charge in [0.05, 0.1) is 31.3 Å². The first-order valence-electron chi connectivity index (χ1n) is 10.2. The molecule has 0 N–H and O–H groups in total. The molecule has 30 heavy (non-hydrogen) atoms. The Balaban J connectivity index is 1.55. The molecule has 7 heteroatoms. The van der Waals surface area contributed by atoms with E-state index in [9.17, 15) is 8.42 Å². The number of methoxy groups -OCH3 is 1. The van der Waals surface area contributed by atoms with Crippen LogP contribution in [0.1, 0.15) is 30.0 Å². The second kappa shape index (κ2) is 6.79. The number of aryl methyl sites for hydroxylation is 1. The molecular weight excluding hydrogens is 404 g/mol. The molecule has 2 aromatic carbocycles. The molecule has 2 bridgehead atoms. The number of fused-ring (bicyclic) bond motifs is 2. The highest BCUT2D eigenvalue weighted by Crippen LogP contribution is 2.61. The molecular formula is C23H26O6S. The van der Waals surface area contributed by atoms with Crippen molar-refractivity contribution in [3.63, 3.8) is 0 Å². The highest BCUT2D eigenvalue weighted by Gasteiger charge is 2.69. The quantitative estimate of drug-likeness (QED) is 0.693. The molecule has 2 aliphatic carbocycles. The highest BCUT2D eigenvalue weighted by atomic mass is 32.2. The third-order valence-corrected chi connectivity index (χ3v) is 8.29. The summed E-state index contributed by atoms with van der Waals surface area (Å²) >= 11 is 0. The van der Waals surface area contributed by atoms with Gasteiger partial charge in [0.2, 0.25) is 0 Å². The molecule has 1 aliphatic heterocycles. The molecule has 3 unspecified atom stereocenters. The van der Waals surface area contributed by atoms with Gasteiger partial charge in [-0.2, -0.15) is 8.42 Å². The van der Waals surface area contributed by atoms with Gasteiger partial charge < -0.3 is 14.2 Å². The fourth-order valence-corrected chi connectivity index (χ4v) is 6.61. The van der Waals surface area contributed by atoms with Gasteiger partial charge in [-0.15, -0.1) is 0 Å². The van der Waals surface area contributed by atoms with Gasteiger partial charge in [0, 0.05) is 11.3 Å². The van der Waals surface area contributed by atoms with E-state index >= 15 is 0 Å². The average molecular weight is 431 g/mol. The van der Waals surface area contributed by atoms with Crippen LogP contribution in [0.3, 0.4) is 0 Å². The topological polar surface area (TPSA) is 71.1 Å². The van der Waals surface area contributed by atoms with Crippen molar-refractivity contribution < 1.29 is 26.8 Å². The Morgan fingerprint density at radius 3 is 2.43 bits per heavy atom. The lowest BCUT2D eigenvalue weighted by Gasteiger charge is -2.46. The van der Waals surface area contributed by atoms with Gasteiger partial charge in [0.25, 0.3) is 10.1 Å². The van der Waals surface area contributed by atoms with Gasteiger partial charge in [0.15, 0.2) is 5.79 Å². The monoisotopic (exact) mass is 430 g/mol.